The van der Waals surface area contributed by atoms with Gasteiger partial charge in [0.25, 0.3) is 0 Å². The fourth-order valence-electron chi connectivity index (χ4n) is 2.33. The van der Waals surface area contributed by atoms with Gasteiger partial charge < -0.3 is 5.32 Å². The Bertz CT molecular complexity index is 747. The maximum absolute atomic E-state index is 11.4. The van der Waals surface area contributed by atoms with Gasteiger partial charge in [-0.15, -0.1) is 11.3 Å². The molecule has 1 heterocycles. The largest absolute Gasteiger partial charge is 0.325 e. The minimum Gasteiger partial charge on any atom is -0.325 e. The van der Waals surface area contributed by atoms with Crippen molar-refractivity contribution in [2.45, 2.75) is 6.92 Å². The molecule has 0 bridgehead atoms. The Labute approximate surface area is 128 Å². The molecule has 3 aromatic rings. The van der Waals surface area contributed by atoms with Crippen molar-refractivity contribution in [1.82, 2.24) is 0 Å². The van der Waals surface area contributed by atoms with Crippen molar-refractivity contribution in [2.24, 2.45) is 0 Å². The molecule has 104 valence electrons. The van der Waals surface area contributed by atoms with Gasteiger partial charge in [-0.3, -0.25) is 4.79 Å². The summed E-state index contributed by atoms with van der Waals surface area (Å²) in [4.78, 5) is 12.6. The predicted octanol–water partition coefficient (Wildman–Crippen LogP) is 5.04. The van der Waals surface area contributed by atoms with Gasteiger partial charge in [-0.05, 0) is 11.1 Å². The van der Waals surface area contributed by atoms with Crippen LogP contribution < -0.4 is 5.32 Å². The van der Waals surface area contributed by atoms with Crippen LogP contribution in [0.1, 0.15) is 6.92 Å². The van der Waals surface area contributed by atoms with E-state index in [4.69, 9.17) is 0 Å². The summed E-state index contributed by atoms with van der Waals surface area (Å²) in [7, 11) is 0. The smallest absolute Gasteiger partial charge is 0.221 e. The van der Waals surface area contributed by atoms with E-state index in [1.807, 2.05) is 41.8 Å². The topological polar surface area (TPSA) is 29.1 Å². The zero-order chi connectivity index (χ0) is 14.7. The summed E-state index contributed by atoms with van der Waals surface area (Å²) < 4.78 is 0. The Morgan fingerprint density at radius 3 is 2.05 bits per heavy atom. The average Bonchev–Trinajstić information content (AvgIpc) is 2.92. The molecule has 0 aliphatic rings. The number of amides is 1. The van der Waals surface area contributed by atoms with Crippen LogP contribution in [0.15, 0.2) is 66.0 Å². The van der Waals surface area contributed by atoms with Crippen molar-refractivity contribution in [3.05, 3.63) is 66.0 Å². The Hall–Kier alpha value is -2.39. The van der Waals surface area contributed by atoms with Gasteiger partial charge in [0.05, 0.1) is 5.69 Å². The molecule has 2 aromatic carbocycles. The number of carbonyl (C=O) groups is 1. The lowest BCUT2D eigenvalue weighted by Crippen LogP contribution is -2.05. The molecule has 1 aromatic heterocycles. The molecule has 0 fully saturated rings. The number of hydrogen-bond donors (Lipinski definition) is 1. The molecule has 0 unspecified atom stereocenters. The van der Waals surface area contributed by atoms with Crippen molar-refractivity contribution in [1.29, 1.82) is 0 Å². The fourth-order valence-corrected chi connectivity index (χ4v) is 3.36. The number of rotatable bonds is 3. The van der Waals surface area contributed by atoms with E-state index in [1.54, 1.807) is 11.3 Å². The highest BCUT2D eigenvalue weighted by Crippen LogP contribution is 2.42. The molecule has 0 saturated carbocycles. The standard InChI is InChI=1S/C18H15NOS/c1-13(20)19-16-12-21-18(15-10-6-3-7-11-15)17(16)14-8-4-2-5-9-14/h2-12H,1H3,(H,19,20). The highest BCUT2D eigenvalue weighted by molar-refractivity contribution is 7.14. The quantitative estimate of drug-likeness (QED) is 0.720. The van der Waals surface area contributed by atoms with Gasteiger partial charge in [-0.1, -0.05) is 60.7 Å². The number of benzene rings is 2. The molecular formula is C18H15NOS. The van der Waals surface area contributed by atoms with Crippen LogP contribution in [-0.4, -0.2) is 5.91 Å². The first kappa shape index (κ1) is 13.6. The highest BCUT2D eigenvalue weighted by Gasteiger charge is 2.15. The highest BCUT2D eigenvalue weighted by atomic mass is 32.1. The second kappa shape index (κ2) is 5.94. The molecule has 3 heteroatoms. The monoisotopic (exact) mass is 293 g/mol. The van der Waals surface area contributed by atoms with Crippen molar-refractivity contribution >= 4 is 22.9 Å². The van der Waals surface area contributed by atoms with Crippen LogP contribution in [-0.2, 0) is 4.79 Å². The van der Waals surface area contributed by atoms with E-state index in [0.29, 0.717) is 0 Å². The van der Waals surface area contributed by atoms with E-state index in [1.165, 1.54) is 11.8 Å². The number of anilines is 1. The van der Waals surface area contributed by atoms with E-state index in [2.05, 4.69) is 29.6 Å². The van der Waals surface area contributed by atoms with Gasteiger partial charge in [0.2, 0.25) is 5.91 Å². The molecule has 2 nitrogen and oxygen atoms in total. The Balaban J connectivity index is 2.18. The van der Waals surface area contributed by atoms with Crippen LogP contribution in [0.25, 0.3) is 21.6 Å². The van der Waals surface area contributed by atoms with Crippen LogP contribution in [0.4, 0.5) is 5.69 Å². The Kier molecular flexibility index (Phi) is 3.84. The van der Waals surface area contributed by atoms with E-state index in [0.717, 1.165) is 22.4 Å². The van der Waals surface area contributed by atoms with E-state index in [9.17, 15) is 4.79 Å². The van der Waals surface area contributed by atoms with Crippen molar-refractivity contribution in [2.75, 3.05) is 5.32 Å². The maximum atomic E-state index is 11.4. The Morgan fingerprint density at radius 2 is 1.48 bits per heavy atom. The maximum Gasteiger partial charge on any atom is 0.221 e. The summed E-state index contributed by atoms with van der Waals surface area (Å²) in [6.07, 6.45) is 0. The van der Waals surface area contributed by atoms with E-state index < -0.39 is 0 Å². The summed E-state index contributed by atoms with van der Waals surface area (Å²) >= 11 is 1.65. The molecule has 0 aliphatic heterocycles. The number of hydrogen-bond acceptors (Lipinski definition) is 2. The molecule has 3 rings (SSSR count). The molecule has 1 N–H and O–H groups in total. The lowest BCUT2D eigenvalue weighted by atomic mass is 10.0. The van der Waals surface area contributed by atoms with Crippen LogP contribution in [0.2, 0.25) is 0 Å². The second-order valence-electron chi connectivity index (χ2n) is 4.77. The lowest BCUT2D eigenvalue weighted by Gasteiger charge is -2.08. The van der Waals surface area contributed by atoms with E-state index in [-0.39, 0.29) is 5.91 Å². The predicted molar refractivity (Wildman–Crippen MR) is 89.5 cm³/mol. The van der Waals surface area contributed by atoms with Gasteiger partial charge in [-0.25, -0.2) is 0 Å². The SMILES string of the molecule is CC(=O)Nc1csc(-c2ccccc2)c1-c1ccccc1. The third kappa shape index (κ3) is 2.88. The Morgan fingerprint density at radius 1 is 0.905 bits per heavy atom. The summed E-state index contributed by atoms with van der Waals surface area (Å²) in [6.45, 7) is 1.54. The third-order valence-corrected chi connectivity index (χ3v) is 4.23. The zero-order valence-electron chi connectivity index (χ0n) is 11.7. The average molecular weight is 293 g/mol. The molecule has 0 radical (unpaired) electrons. The zero-order valence-corrected chi connectivity index (χ0v) is 12.5. The van der Waals surface area contributed by atoms with Gasteiger partial charge in [0.1, 0.15) is 0 Å². The van der Waals surface area contributed by atoms with Gasteiger partial charge in [-0.2, -0.15) is 0 Å². The van der Waals surface area contributed by atoms with Gasteiger partial charge in [0.15, 0.2) is 0 Å². The van der Waals surface area contributed by atoms with Crippen molar-refractivity contribution in [3.8, 4) is 21.6 Å². The van der Waals surface area contributed by atoms with E-state index >= 15 is 0 Å². The summed E-state index contributed by atoms with van der Waals surface area (Å²) in [6, 6.07) is 20.4. The summed E-state index contributed by atoms with van der Waals surface area (Å²) in [5.74, 6) is -0.0513. The van der Waals surface area contributed by atoms with Crippen molar-refractivity contribution in [3.63, 3.8) is 0 Å². The number of carbonyl (C=O) groups excluding carboxylic acids is 1. The molecule has 0 saturated heterocycles. The first-order chi connectivity index (χ1) is 10.3. The van der Waals surface area contributed by atoms with Crippen LogP contribution >= 0.6 is 11.3 Å². The minimum atomic E-state index is -0.0513. The fraction of sp³-hybridized carbons (Fsp3) is 0.0556. The lowest BCUT2D eigenvalue weighted by molar-refractivity contribution is -0.114. The number of nitrogens with one attached hydrogen (secondary N) is 1. The summed E-state index contributed by atoms with van der Waals surface area (Å²) in [5.41, 5.74) is 4.24. The van der Waals surface area contributed by atoms with Crippen LogP contribution in [0.3, 0.4) is 0 Å². The van der Waals surface area contributed by atoms with Gasteiger partial charge in [0, 0.05) is 22.7 Å². The third-order valence-electron chi connectivity index (χ3n) is 3.20. The van der Waals surface area contributed by atoms with Crippen LogP contribution in [0, 0.1) is 0 Å². The van der Waals surface area contributed by atoms with Crippen molar-refractivity contribution < 1.29 is 4.79 Å². The molecule has 21 heavy (non-hydrogen) atoms. The first-order valence-corrected chi connectivity index (χ1v) is 7.63. The minimum absolute atomic E-state index is 0.0513. The molecule has 0 aliphatic carbocycles. The molecular weight excluding hydrogens is 278 g/mol. The molecule has 0 spiro atoms. The number of thiophene rings is 1. The molecule has 0 atom stereocenters. The van der Waals surface area contributed by atoms with Crippen LogP contribution in [0.5, 0.6) is 0 Å². The first-order valence-electron chi connectivity index (χ1n) is 6.75. The van der Waals surface area contributed by atoms with Gasteiger partial charge >= 0.3 is 0 Å². The second-order valence-corrected chi connectivity index (χ2v) is 5.65. The molecule has 1 amide bonds. The normalized spacial score (nSPS) is 10.3. The summed E-state index contributed by atoms with van der Waals surface area (Å²) in [5, 5.41) is 4.94.